The van der Waals surface area contributed by atoms with Crippen molar-refractivity contribution in [3.05, 3.63) is 78.5 Å². The van der Waals surface area contributed by atoms with E-state index in [1.165, 1.54) is 32.7 Å². The third-order valence-electron chi connectivity index (χ3n) is 5.05. The molecule has 0 bridgehead atoms. The average Bonchev–Trinajstić information content (AvgIpc) is 3.01. The molecule has 0 fully saturated rings. The number of hydrogen-bond acceptors (Lipinski definition) is 1. The first-order valence-electron chi connectivity index (χ1n) is 8.52. The van der Waals surface area contributed by atoms with Gasteiger partial charge in [0, 0.05) is 16.8 Å². The molecule has 2 heterocycles. The Morgan fingerprint density at radius 2 is 1.60 bits per heavy atom. The highest BCUT2D eigenvalue weighted by Crippen LogP contribution is 2.38. The molecule has 2 heteroatoms. The Labute approximate surface area is 145 Å². The van der Waals surface area contributed by atoms with E-state index in [0.29, 0.717) is 0 Å². The second kappa shape index (κ2) is 5.18. The summed E-state index contributed by atoms with van der Waals surface area (Å²) in [6.07, 6.45) is 2.13. The van der Waals surface area contributed by atoms with Crippen LogP contribution in [0.25, 0.3) is 44.0 Å². The van der Waals surface area contributed by atoms with Crippen LogP contribution in [0.3, 0.4) is 0 Å². The molecule has 0 amide bonds. The van der Waals surface area contributed by atoms with Gasteiger partial charge in [0.2, 0.25) is 5.58 Å². The number of hydrogen-bond donors (Lipinski definition) is 0. The van der Waals surface area contributed by atoms with Crippen molar-refractivity contribution in [1.29, 1.82) is 0 Å². The molecular weight excluding hydrogens is 306 g/mol. The van der Waals surface area contributed by atoms with Crippen molar-refractivity contribution in [1.82, 2.24) is 0 Å². The highest BCUT2D eigenvalue weighted by Gasteiger charge is 2.22. The summed E-state index contributed by atoms with van der Waals surface area (Å²) in [5, 5.41) is 4.85. The van der Waals surface area contributed by atoms with E-state index in [1.807, 2.05) is 0 Å². The second-order valence-electron chi connectivity index (χ2n) is 6.59. The van der Waals surface area contributed by atoms with Gasteiger partial charge in [-0.15, -0.1) is 0 Å². The minimum atomic E-state index is 0.940. The lowest BCUT2D eigenvalue weighted by Crippen LogP contribution is -2.30. The molecule has 5 aromatic rings. The van der Waals surface area contributed by atoms with E-state index in [4.69, 9.17) is 4.42 Å². The number of furan rings is 1. The number of aryl methyl sites for hydroxylation is 2. The summed E-state index contributed by atoms with van der Waals surface area (Å²) in [6, 6.07) is 23.3. The van der Waals surface area contributed by atoms with Crippen molar-refractivity contribution in [3.8, 4) is 11.3 Å². The normalized spacial score (nSPS) is 11.6. The highest BCUT2D eigenvalue weighted by atomic mass is 16.3. The molecule has 0 aliphatic rings. The molecule has 2 aromatic heterocycles. The van der Waals surface area contributed by atoms with Gasteiger partial charge in [-0.25, -0.2) is 0 Å². The predicted molar refractivity (Wildman–Crippen MR) is 103 cm³/mol. The van der Waals surface area contributed by atoms with Crippen molar-refractivity contribution in [2.75, 3.05) is 0 Å². The molecule has 25 heavy (non-hydrogen) atoms. The topological polar surface area (TPSA) is 17.0 Å². The van der Waals surface area contributed by atoms with Crippen molar-refractivity contribution in [3.63, 3.8) is 0 Å². The minimum absolute atomic E-state index is 0.940. The Hall–Kier alpha value is -3.13. The molecule has 0 N–H and O–H groups in total. The van der Waals surface area contributed by atoms with Crippen LogP contribution in [0.5, 0.6) is 0 Å². The molecule has 0 aliphatic carbocycles. The molecule has 120 valence electrons. The molecule has 0 unspecified atom stereocenters. The first-order valence-corrected chi connectivity index (χ1v) is 8.52. The number of pyridine rings is 1. The van der Waals surface area contributed by atoms with Crippen LogP contribution in [0, 0.1) is 6.92 Å². The lowest BCUT2D eigenvalue weighted by molar-refractivity contribution is -0.659. The number of aromatic nitrogens is 1. The van der Waals surface area contributed by atoms with Crippen LogP contribution in [0.4, 0.5) is 0 Å². The van der Waals surface area contributed by atoms with Crippen molar-refractivity contribution in [2.45, 2.75) is 6.92 Å². The van der Waals surface area contributed by atoms with Gasteiger partial charge in [-0.05, 0) is 35.4 Å². The second-order valence-corrected chi connectivity index (χ2v) is 6.59. The zero-order valence-corrected chi connectivity index (χ0v) is 14.3. The van der Waals surface area contributed by atoms with Crippen LogP contribution >= 0.6 is 0 Å². The van der Waals surface area contributed by atoms with E-state index < -0.39 is 0 Å². The SMILES string of the molecule is Cc1ccccc1-c1c2oc3ccc4ccccc4c3c2cc[n+]1C. The maximum absolute atomic E-state index is 6.36. The van der Waals surface area contributed by atoms with Gasteiger partial charge >= 0.3 is 0 Å². The molecule has 0 atom stereocenters. The number of benzene rings is 3. The molecule has 2 nitrogen and oxygen atoms in total. The summed E-state index contributed by atoms with van der Waals surface area (Å²) in [4.78, 5) is 0. The quantitative estimate of drug-likeness (QED) is 0.370. The third-order valence-corrected chi connectivity index (χ3v) is 5.05. The maximum atomic E-state index is 6.36. The monoisotopic (exact) mass is 324 g/mol. The molecule has 0 radical (unpaired) electrons. The standard InChI is InChI=1S/C23H18NO/c1-15-7-3-5-9-17(15)22-23-19(13-14-24(22)2)21-18-10-6-4-8-16(18)11-12-20(21)25-23/h3-14H,1-2H3/q+1. The minimum Gasteiger partial charge on any atom is -0.449 e. The maximum Gasteiger partial charge on any atom is 0.256 e. The van der Waals surface area contributed by atoms with E-state index in [0.717, 1.165) is 16.9 Å². The number of rotatable bonds is 1. The largest absolute Gasteiger partial charge is 0.449 e. The Morgan fingerprint density at radius 3 is 2.48 bits per heavy atom. The van der Waals surface area contributed by atoms with Crippen molar-refractivity contribution in [2.24, 2.45) is 7.05 Å². The molecule has 5 rings (SSSR count). The molecule has 0 aliphatic heterocycles. The fourth-order valence-electron chi connectivity index (χ4n) is 3.80. The van der Waals surface area contributed by atoms with Gasteiger partial charge < -0.3 is 4.42 Å². The molecule has 0 saturated carbocycles. The van der Waals surface area contributed by atoms with Gasteiger partial charge in [0.15, 0.2) is 6.20 Å². The highest BCUT2D eigenvalue weighted by molar-refractivity contribution is 6.20. The Morgan fingerprint density at radius 1 is 0.800 bits per heavy atom. The lowest BCUT2D eigenvalue weighted by Gasteiger charge is -2.04. The van der Waals surface area contributed by atoms with E-state index in [9.17, 15) is 0 Å². The Bertz CT molecular complexity index is 1260. The Kier molecular flexibility index (Phi) is 2.95. The average molecular weight is 324 g/mol. The van der Waals surface area contributed by atoms with Gasteiger partial charge in [0.05, 0.1) is 5.56 Å². The fraction of sp³-hybridized carbons (Fsp3) is 0.0870. The summed E-state index contributed by atoms with van der Waals surface area (Å²) in [5.74, 6) is 0. The van der Waals surface area contributed by atoms with Crippen LogP contribution in [-0.4, -0.2) is 0 Å². The van der Waals surface area contributed by atoms with Crippen molar-refractivity contribution < 1.29 is 8.98 Å². The van der Waals surface area contributed by atoms with Crippen LogP contribution in [0.1, 0.15) is 5.56 Å². The fourth-order valence-corrected chi connectivity index (χ4v) is 3.80. The van der Waals surface area contributed by atoms with Gasteiger partial charge in [-0.1, -0.05) is 48.5 Å². The first kappa shape index (κ1) is 14.2. The lowest BCUT2D eigenvalue weighted by atomic mass is 10.0. The van der Waals surface area contributed by atoms with Gasteiger partial charge in [-0.3, -0.25) is 0 Å². The number of fused-ring (bicyclic) bond motifs is 5. The van der Waals surface area contributed by atoms with E-state index in [1.54, 1.807) is 0 Å². The summed E-state index contributed by atoms with van der Waals surface area (Å²) in [6.45, 7) is 2.15. The van der Waals surface area contributed by atoms with E-state index in [-0.39, 0.29) is 0 Å². The molecule has 0 spiro atoms. The summed E-state index contributed by atoms with van der Waals surface area (Å²) in [5.41, 5.74) is 5.46. The molecule has 0 saturated heterocycles. The Balaban J connectivity index is 1.99. The van der Waals surface area contributed by atoms with Crippen molar-refractivity contribution >= 4 is 32.7 Å². The smallest absolute Gasteiger partial charge is 0.256 e. The summed E-state index contributed by atoms with van der Waals surface area (Å²) >= 11 is 0. The summed E-state index contributed by atoms with van der Waals surface area (Å²) < 4.78 is 8.51. The van der Waals surface area contributed by atoms with E-state index in [2.05, 4.69) is 91.5 Å². The van der Waals surface area contributed by atoms with Crippen LogP contribution in [0.15, 0.2) is 77.3 Å². The zero-order chi connectivity index (χ0) is 17.0. The van der Waals surface area contributed by atoms with Gasteiger partial charge in [0.1, 0.15) is 12.6 Å². The number of nitrogens with zero attached hydrogens (tertiary/aromatic N) is 1. The molecular formula is C23H18NO+. The first-order chi connectivity index (χ1) is 12.2. The molecule has 3 aromatic carbocycles. The zero-order valence-electron chi connectivity index (χ0n) is 14.3. The predicted octanol–water partition coefficient (Wildman–Crippen LogP) is 5.54. The van der Waals surface area contributed by atoms with Crippen LogP contribution in [-0.2, 0) is 7.05 Å². The van der Waals surface area contributed by atoms with E-state index >= 15 is 0 Å². The van der Waals surface area contributed by atoms with Gasteiger partial charge in [0.25, 0.3) is 5.69 Å². The van der Waals surface area contributed by atoms with Crippen LogP contribution in [0.2, 0.25) is 0 Å². The van der Waals surface area contributed by atoms with Gasteiger partial charge in [-0.2, -0.15) is 4.57 Å². The third kappa shape index (κ3) is 2.01. The summed E-state index contributed by atoms with van der Waals surface area (Å²) in [7, 11) is 2.08. The van der Waals surface area contributed by atoms with Crippen LogP contribution < -0.4 is 4.57 Å².